The summed E-state index contributed by atoms with van der Waals surface area (Å²) in [5.74, 6) is 1.78. The summed E-state index contributed by atoms with van der Waals surface area (Å²) in [6, 6.07) is 11.8. The molecule has 0 saturated heterocycles. The zero-order valence-corrected chi connectivity index (χ0v) is 15.7. The molecule has 28 heavy (non-hydrogen) atoms. The number of fused-ring (bicyclic) bond motifs is 2. The van der Waals surface area contributed by atoms with Crippen molar-refractivity contribution in [2.24, 2.45) is 0 Å². The van der Waals surface area contributed by atoms with Gasteiger partial charge in [0.05, 0.1) is 6.04 Å². The van der Waals surface area contributed by atoms with E-state index in [-0.39, 0.29) is 12.1 Å². The maximum Gasteiger partial charge on any atom is 0.322 e. The number of carbonyl (C=O) groups is 1. The summed E-state index contributed by atoms with van der Waals surface area (Å²) in [5, 5.41) is 7.05. The van der Waals surface area contributed by atoms with Gasteiger partial charge in [-0.1, -0.05) is 29.4 Å². The largest absolute Gasteiger partial charge is 0.491 e. The number of rotatable bonds is 2. The van der Waals surface area contributed by atoms with E-state index in [4.69, 9.17) is 9.26 Å². The van der Waals surface area contributed by atoms with Gasteiger partial charge in [-0.25, -0.2) is 4.79 Å². The molecule has 7 heteroatoms. The second-order valence-electron chi connectivity index (χ2n) is 7.24. The molecule has 0 unspecified atom stereocenters. The minimum Gasteiger partial charge on any atom is -0.491 e. The van der Waals surface area contributed by atoms with Gasteiger partial charge in [0.1, 0.15) is 12.4 Å². The molecule has 1 atom stereocenters. The van der Waals surface area contributed by atoms with E-state index < -0.39 is 0 Å². The normalized spacial score (nSPS) is 17.2. The molecule has 2 aromatic carbocycles. The molecule has 1 aromatic heterocycles. The first-order valence-corrected chi connectivity index (χ1v) is 9.33. The molecule has 3 heterocycles. The van der Waals surface area contributed by atoms with Crippen LogP contribution < -0.4 is 15.0 Å². The maximum atomic E-state index is 12.9. The number of anilines is 1. The predicted molar refractivity (Wildman–Crippen MR) is 103 cm³/mol. The number of ether oxygens (including phenoxy) is 1. The quantitative estimate of drug-likeness (QED) is 0.740. The molecule has 7 nitrogen and oxygen atoms in total. The number of nitrogens with zero attached hydrogens (tertiary/aromatic N) is 3. The summed E-state index contributed by atoms with van der Waals surface area (Å²) in [6.07, 6.45) is 0.883. The highest BCUT2D eigenvalue weighted by Gasteiger charge is 2.30. The molecule has 2 aliphatic heterocycles. The summed E-state index contributed by atoms with van der Waals surface area (Å²) in [5.41, 5.74) is 5.15. The molecule has 0 radical (unpaired) electrons. The Morgan fingerprint density at radius 3 is 2.93 bits per heavy atom. The summed E-state index contributed by atoms with van der Waals surface area (Å²) in [6.45, 7) is 4.90. The number of amides is 2. The van der Waals surface area contributed by atoms with E-state index in [1.54, 1.807) is 6.92 Å². The van der Waals surface area contributed by atoms with Crippen LogP contribution in [-0.2, 0) is 6.42 Å². The Morgan fingerprint density at radius 1 is 1.21 bits per heavy atom. The Balaban J connectivity index is 1.35. The molecule has 142 valence electrons. The fourth-order valence-electron chi connectivity index (χ4n) is 3.81. The number of urea groups is 1. The highest BCUT2D eigenvalue weighted by Crippen LogP contribution is 2.36. The van der Waals surface area contributed by atoms with Gasteiger partial charge >= 0.3 is 6.03 Å². The van der Waals surface area contributed by atoms with Crippen molar-refractivity contribution < 1.29 is 14.1 Å². The Hall–Kier alpha value is -3.35. The van der Waals surface area contributed by atoms with Crippen molar-refractivity contribution in [1.82, 2.24) is 15.5 Å². The van der Waals surface area contributed by atoms with E-state index in [1.165, 1.54) is 5.56 Å². The molecule has 2 amide bonds. The van der Waals surface area contributed by atoms with Crippen LogP contribution in [0.4, 0.5) is 10.5 Å². The van der Waals surface area contributed by atoms with Crippen molar-refractivity contribution in [2.45, 2.75) is 26.3 Å². The van der Waals surface area contributed by atoms with Gasteiger partial charge in [0.25, 0.3) is 0 Å². The van der Waals surface area contributed by atoms with Crippen LogP contribution in [0, 0.1) is 13.8 Å². The van der Waals surface area contributed by atoms with Gasteiger partial charge in [0, 0.05) is 30.3 Å². The van der Waals surface area contributed by atoms with E-state index in [9.17, 15) is 4.79 Å². The highest BCUT2D eigenvalue weighted by atomic mass is 16.5. The van der Waals surface area contributed by atoms with Gasteiger partial charge in [0.2, 0.25) is 11.7 Å². The first-order valence-electron chi connectivity index (χ1n) is 9.33. The molecule has 2 aliphatic rings. The fourth-order valence-corrected chi connectivity index (χ4v) is 3.81. The first-order chi connectivity index (χ1) is 13.6. The standard InChI is InChI=1S/C21H20N4O3/c1-12-3-4-14-7-8-25(18(14)9-12)21(26)23-17-11-27-19-10-15(5-6-16(17)19)20-22-13(2)28-24-20/h3-6,9-10,17H,7-8,11H2,1-2H3,(H,23,26)/t17-/m1/s1. The molecule has 0 spiro atoms. The van der Waals surface area contributed by atoms with Gasteiger partial charge < -0.3 is 14.6 Å². The minimum atomic E-state index is -0.183. The van der Waals surface area contributed by atoms with E-state index in [0.29, 0.717) is 24.9 Å². The lowest BCUT2D eigenvalue weighted by atomic mass is 10.1. The number of hydrogen-bond donors (Lipinski definition) is 1. The average molecular weight is 376 g/mol. The van der Waals surface area contributed by atoms with E-state index >= 15 is 0 Å². The lowest BCUT2D eigenvalue weighted by Gasteiger charge is -2.21. The van der Waals surface area contributed by atoms with Gasteiger partial charge in [-0.3, -0.25) is 4.90 Å². The Labute approximate surface area is 162 Å². The SMILES string of the molecule is Cc1ccc2c(c1)N(C(=O)N[C@@H]1COc3cc(-c4noc(C)n4)ccc31)CC2. The van der Waals surface area contributed by atoms with Crippen LogP contribution in [-0.4, -0.2) is 29.3 Å². The van der Waals surface area contributed by atoms with Gasteiger partial charge in [-0.2, -0.15) is 4.98 Å². The van der Waals surface area contributed by atoms with Crippen molar-refractivity contribution in [3.63, 3.8) is 0 Å². The maximum absolute atomic E-state index is 12.9. The Bertz CT molecular complexity index is 1080. The summed E-state index contributed by atoms with van der Waals surface area (Å²) < 4.78 is 10.9. The smallest absolute Gasteiger partial charge is 0.322 e. The van der Waals surface area contributed by atoms with Gasteiger partial charge in [-0.15, -0.1) is 0 Å². The Kier molecular flexibility index (Phi) is 3.82. The molecule has 0 aliphatic carbocycles. The van der Waals surface area contributed by atoms with Crippen molar-refractivity contribution >= 4 is 11.7 Å². The lowest BCUT2D eigenvalue weighted by molar-refractivity contribution is 0.238. The van der Waals surface area contributed by atoms with Crippen molar-refractivity contribution in [3.05, 3.63) is 59.0 Å². The van der Waals surface area contributed by atoms with E-state index in [2.05, 4.69) is 33.7 Å². The van der Waals surface area contributed by atoms with Gasteiger partial charge in [-0.05, 0) is 36.6 Å². The fraction of sp³-hybridized carbons (Fsp3) is 0.286. The minimum absolute atomic E-state index is 0.0938. The monoisotopic (exact) mass is 376 g/mol. The summed E-state index contributed by atoms with van der Waals surface area (Å²) in [7, 11) is 0. The number of nitrogens with one attached hydrogen (secondary N) is 1. The van der Waals surface area contributed by atoms with Crippen LogP contribution in [0.3, 0.4) is 0 Å². The average Bonchev–Trinajstić information content (AvgIpc) is 3.39. The molecule has 3 aromatic rings. The van der Waals surface area contributed by atoms with Gasteiger partial charge in [0.15, 0.2) is 0 Å². The molecular formula is C21H20N4O3. The second-order valence-corrected chi connectivity index (χ2v) is 7.24. The third-order valence-corrected chi connectivity index (χ3v) is 5.26. The lowest BCUT2D eigenvalue weighted by Crippen LogP contribution is -2.41. The zero-order chi connectivity index (χ0) is 19.3. The van der Waals surface area contributed by atoms with Crippen LogP contribution in [0.15, 0.2) is 40.9 Å². The van der Waals surface area contributed by atoms with Crippen molar-refractivity contribution in [2.75, 3.05) is 18.1 Å². The highest BCUT2D eigenvalue weighted by molar-refractivity contribution is 5.94. The predicted octanol–water partition coefficient (Wildman–Crippen LogP) is 3.56. The Morgan fingerprint density at radius 2 is 2.11 bits per heavy atom. The van der Waals surface area contributed by atoms with Crippen LogP contribution in [0.1, 0.15) is 28.6 Å². The third kappa shape index (κ3) is 2.79. The molecular weight excluding hydrogens is 356 g/mol. The van der Waals surface area contributed by atoms with E-state index in [1.807, 2.05) is 30.0 Å². The zero-order valence-electron chi connectivity index (χ0n) is 15.7. The second kappa shape index (κ2) is 6.37. The molecule has 0 saturated carbocycles. The van der Waals surface area contributed by atoms with Crippen molar-refractivity contribution in [1.29, 1.82) is 0 Å². The summed E-state index contributed by atoms with van der Waals surface area (Å²) >= 11 is 0. The molecule has 1 N–H and O–H groups in total. The van der Waals surface area contributed by atoms with Crippen LogP contribution >= 0.6 is 0 Å². The first kappa shape index (κ1) is 16.8. The van der Waals surface area contributed by atoms with Crippen molar-refractivity contribution in [3.8, 4) is 17.1 Å². The van der Waals surface area contributed by atoms with Crippen LogP contribution in [0.5, 0.6) is 5.75 Å². The molecule has 5 rings (SSSR count). The molecule has 0 fully saturated rings. The molecule has 0 bridgehead atoms. The number of carbonyl (C=O) groups excluding carboxylic acids is 1. The van der Waals surface area contributed by atoms with E-state index in [0.717, 1.165) is 34.5 Å². The van der Waals surface area contributed by atoms with Crippen LogP contribution in [0.25, 0.3) is 11.4 Å². The topological polar surface area (TPSA) is 80.5 Å². The number of hydrogen-bond acceptors (Lipinski definition) is 5. The number of benzene rings is 2. The number of aryl methyl sites for hydroxylation is 2. The summed E-state index contributed by atoms with van der Waals surface area (Å²) in [4.78, 5) is 19.0. The third-order valence-electron chi connectivity index (χ3n) is 5.26. The number of aromatic nitrogens is 2. The van der Waals surface area contributed by atoms with Crippen LogP contribution in [0.2, 0.25) is 0 Å².